The molecule has 1 unspecified atom stereocenters. The van der Waals surface area contributed by atoms with Crippen LogP contribution >= 0.6 is 0 Å². The maximum atomic E-state index is 5.10. The van der Waals surface area contributed by atoms with E-state index < -0.39 is 0 Å². The first kappa shape index (κ1) is 9.96. The van der Waals surface area contributed by atoms with Crippen LogP contribution in [0.4, 0.5) is 0 Å². The Morgan fingerprint density at radius 3 is 2.83 bits per heavy atom. The molecule has 1 saturated heterocycles. The number of hydrogen-bond acceptors (Lipinski definition) is 3. The second-order valence-electron chi connectivity index (χ2n) is 3.81. The Bertz CT molecular complexity index is 126. The van der Waals surface area contributed by atoms with Crippen molar-refractivity contribution >= 4 is 0 Å². The Kier molecular flexibility index (Phi) is 3.98. The van der Waals surface area contributed by atoms with Crippen LogP contribution < -0.4 is 5.90 Å². The number of nitrogens with zero attached hydrogens (tertiary/aromatic N) is 1. The van der Waals surface area contributed by atoms with Gasteiger partial charge in [0.15, 0.2) is 0 Å². The first-order valence-electron chi connectivity index (χ1n) is 4.83. The van der Waals surface area contributed by atoms with Gasteiger partial charge in [0, 0.05) is 12.1 Å². The normalized spacial score (nSPS) is 26.5. The lowest BCUT2D eigenvalue weighted by molar-refractivity contribution is 0.0246. The molecule has 0 aliphatic carbocycles. The predicted octanol–water partition coefficient (Wildman–Crippen LogP) is 1.14. The average molecular weight is 172 g/mol. The van der Waals surface area contributed by atoms with Gasteiger partial charge in [0.05, 0.1) is 6.61 Å². The third-order valence-corrected chi connectivity index (χ3v) is 2.62. The smallest absolute Gasteiger partial charge is 0.0834 e. The molecule has 0 radical (unpaired) electrons. The number of likely N-dealkylation sites (tertiary alicyclic amines) is 1. The summed E-state index contributed by atoms with van der Waals surface area (Å²) in [4.78, 5) is 7.20. The van der Waals surface area contributed by atoms with Crippen LogP contribution in [0, 0.1) is 0 Å². The molecule has 12 heavy (non-hydrogen) atoms. The van der Waals surface area contributed by atoms with Crippen LogP contribution in [0.25, 0.3) is 0 Å². The second kappa shape index (κ2) is 4.80. The highest BCUT2D eigenvalue weighted by Crippen LogP contribution is 2.19. The number of rotatable bonds is 3. The quantitative estimate of drug-likeness (QED) is 0.649. The molecule has 1 heterocycles. The summed E-state index contributed by atoms with van der Waals surface area (Å²) in [6, 6.07) is 1.16. The average Bonchev–Trinajstić information content (AvgIpc) is 2.05. The SMILES string of the molecule is CC(C)N1CCCCC1CON. The Labute approximate surface area is 74.8 Å². The van der Waals surface area contributed by atoms with E-state index in [2.05, 4.69) is 18.7 Å². The molecular formula is C9H20N2O. The van der Waals surface area contributed by atoms with Gasteiger partial charge in [-0.3, -0.25) is 4.90 Å². The van der Waals surface area contributed by atoms with Gasteiger partial charge in [0.2, 0.25) is 0 Å². The van der Waals surface area contributed by atoms with Gasteiger partial charge in [-0.05, 0) is 33.2 Å². The highest BCUT2D eigenvalue weighted by Gasteiger charge is 2.23. The Hall–Kier alpha value is -0.120. The molecule has 0 spiro atoms. The Balaban J connectivity index is 2.42. The summed E-state index contributed by atoms with van der Waals surface area (Å²) in [6.45, 7) is 6.34. The molecular weight excluding hydrogens is 152 g/mol. The van der Waals surface area contributed by atoms with Gasteiger partial charge in [-0.15, -0.1) is 0 Å². The van der Waals surface area contributed by atoms with Crippen LogP contribution in [0.5, 0.6) is 0 Å². The summed E-state index contributed by atoms with van der Waals surface area (Å²) in [5.74, 6) is 5.10. The fraction of sp³-hybridized carbons (Fsp3) is 1.00. The largest absolute Gasteiger partial charge is 0.303 e. The first-order chi connectivity index (χ1) is 5.75. The molecule has 1 atom stereocenters. The lowest BCUT2D eigenvalue weighted by Gasteiger charge is -2.37. The molecule has 0 amide bonds. The van der Waals surface area contributed by atoms with Crippen LogP contribution in [0.3, 0.4) is 0 Å². The fourth-order valence-electron chi connectivity index (χ4n) is 1.99. The summed E-state index contributed by atoms with van der Waals surface area (Å²) in [5.41, 5.74) is 0. The molecule has 1 aliphatic rings. The van der Waals surface area contributed by atoms with Crippen LogP contribution in [0.2, 0.25) is 0 Å². The summed E-state index contributed by atoms with van der Waals surface area (Å²) < 4.78 is 0. The van der Waals surface area contributed by atoms with Crippen LogP contribution in [0.1, 0.15) is 33.1 Å². The van der Waals surface area contributed by atoms with Gasteiger partial charge in [-0.1, -0.05) is 6.42 Å². The zero-order valence-corrected chi connectivity index (χ0v) is 8.12. The van der Waals surface area contributed by atoms with Gasteiger partial charge >= 0.3 is 0 Å². The lowest BCUT2D eigenvalue weighted by atomic mass is 10.0. The molecule has 72 valence electrons. The molecule has 0 bridgehead atoms. The minimum absolute atomic E-state index is 0.545. The zero-order valence-electron chi connectivity index (χ0n) is 8.12. The van der Waals surface area contributed by atoms with E-state index in [9.17, 15) is 0 Å². The van der Waals surface area contributed by atoms with Crippen molar-refractivity contribution in [2.24, 2.45) is 5.90 Å². The number of piperidine rings is 1. The van der Waals surface area contributed by atoms with Crippen molar-refractivity contribution in [3.8, 4) is 0 Å². The Morgan fingerprint density at radius 2 is 2.25 bits per heavy atom. The summed E-state index contributed by atoms with van der Waals surface area (Å²) in [7, 11) is 0. The van der Waals surface area contributed by atoms with Crippen molar-refractivity contribution in [3.63, 3.8) is 0 Å². The molecule has 2 N–H and O–H groups in total. The molecule has 1 aliphatic heterocycles. The van der Waals surface area contributed by atoms with Gasteiger partial charge in [-0.2, -0.15) is 0 Å². The van der Waals surface area contributed by atoms with Crippen molar-refractivity contribution in [3.05, 3.63) is 0 Å². The topological polar surface area (TPSA) is 38.5 Å². The zero-order chi connectivity index (χ0) is 8.97. The van der Waals surface area contributed by atoms with Crippen molar-refractivity contribution in [1.29, 1.82) is 0 Å². The molecule has 3 heteroatoms. The monoisotopic (exact) mass is 172 g/mol. The molecule has 0 aromatic rings. The van der Waals surface area contributed by atoms with E-state index in [4.69, 9.17) is 10.7 Å². The minimum Gasteiger partial charge on any atom is -0.303 e. The second-order valence-corrected chi connectivity index (χ2v) is 3.81. The molecule has 1 rings (SSSR count). The first-order valence-corrected chi connectivity index (χ1v) is 4.83. The Morgan fingerprint density at radius 1 is 1.50 bits per heavy atom. The van der Waals surface area contributed by atoms with Crippen LogP contribution in [0.15, 0.2) is 0 Å². The fourth-order valence-corrected chi connectivity index (χ4v) is 1.99. The molecule has 0 aromatic heterocycles. The van der Waals surface area contributed by atoms with E-state index in [0.29, 0.717) is 18.7 Å². The molecule has 0 saturated carbocycles. The molecule has 1 fully saturated rings. The summed E-state index contributed by atoms with van der Waals surface area (Å²) in [5, 5.41) is 0. The van der Waals surface area contributed by atoms with E-state index in [-0.39, 0.29) is 0 Å². The minimum atomic E-state index is 0.545. The molecule has 3 nitrogen and oxygen atoms in total. The number of hydrogen-bond donors (Lipinski definition) is 1. The summed E-state index contributed by atoms with van der Waals surface area (Å²) >= 11 is 0. The highest BCUT2D eigenvalue weighted by atomic mass is 16.6. The van der Waals surface area contributed by atoms with Gasteiger partial charge in [0.1, 0.15) is 0 Å². The van der Waals surface area contributed by atoms with E-state index in [0.717, 1.165) is 0 Å². The van der Waals surface area contributed by atoms with E-state index in [1.165, 1.54) is 25.8 Å². The standard InChI is InChI=1S/C9H20N2O/c1-8(2)11-6-4-3-5-9(11)7-12-10/h8-9H,3-7,10H2,1-2H3. The van der Waals surface area contributed by atoms with Gasteiger partial charge in [0.25, 0.3) is 0 Å². The number of nitrogens with two attached hydrogens (primary N) is 1. The van der Waals surface area contributed by atoms with Crippen molar-refractivity contribution in [1.82, 2.24) is 4.90 Å². The van der Waals surface area contributed by atoms with Crippen LogP contribution in [-0.4, -0.2) is 30.1 Å². The van der Waals surface area contributed by atoms with E-state index in [1.807, 2.05) is 0 Å². The maximum Gasteiger partial charge on any atom is 0.0834 e. The van der Waals surface area contributed by atoms with Crippen molar-refractivity contribution < 1.29 is 4.84 Å². The molecule has 0 aromatic carbocycles. The third-order valence-electron chi connectivity index (χ3n) is 2.62. The highest BCUT2D eigenvalue weighted by molar-refractivity contribution is 4.78. The third kappa shape index (κ3) is 2.44. The van der Waals surface area contributed by atoms with E-state index >= 15 is 0 Å². The summed E-state index contributed by atoms with van der Waals surface area (Å²) in [6.07, 6.45) is 3.87. The lowest BCUT2D eigenvalue weighted by Crippen LogP contribution is -2.46. The van der Waals surface area contributed by atoms with Gasteiger partial charge in [-0.25, -0.2) is 5.90 Å². The van der Waals surface area contributed by atoms with Crippen molar-refractivity contribution in [2.75, 3.05) is 13.2 Å². The van der Waals surface area contributed by atoms with Crippen molar-refractivity contribution in [2.45, 2.75) is 45.2 Å². The van der Waals surface area contributed by atoms with Gasteiger partial charge < -0.3 is 4.84 Å². The van der Waals surface area contributed by atoms with E-state index in [1.54, 1.807) is 0 Å². The maximum absolute atomic E-state index is 5.10. The van der Waals surface area contributed by atoms with Crippen LogP contribution in [-0.2, 0) is 4.84 Å². The predicted molar refractivity (Wildman–Crippen MR) is 49.6 cm³/mol.